The summed E-state index contributed by atoms with van der Waals surface area (Å²) in [5, 5.41) is 8.76. The third-order valence-corrected chi connectivity index (χ3v) is 2.55. The third-order valence-electron chi connectivity index (χ3n) is 2.55. The fourth-order valence-electron chi connectivity index (χ4n) is 1.59. The molecule has 98 valence electrons. The summed E-state index contributed by atoms with van der Waals surface area (Å²) in [6, 6.07) is 4.84. The highest BCUT2D eigenvalue weighted by Crippen LogP contribution is 2.11. The van der Waals surface area contributed by atoms with Gasteiger partial charge in [0.1, 0.15) is 6.26 Å². The summed E-state index contributed by atoms with van der Waals surface area (Å²) in [5.41, 5.74) is 0.835. The standard InChI is InChI=1S/C13H12N2O4/c1-15(7-9-3-2-4-14-6-9)12(16)11-5-10(8-19-11)13(17)18/h2-6,8H,7H2,1H3,(H,17,18). The van der Waals surface area contributed by atoms with E-state index in [1.807, 2.05) is 6.07 Å². The lowest BCUT2D eigenvalue weighted by atomic mass is 10.2. The summed E-state index contributed by atoms with van der Waals surface area (Å²) < 4.78 is 4.96. The largest absolute Gasteiger partial charge is 0.478 e. The maximum absolute atomic E-state index is 12.0. The van der Waals surface area contributed by atoms with Crippen molar-refractivity contribution in [3.05, 3.63) is 53.7 Å². The molecule has 0 fully saturated rings. The van der Waals surface area contributed by atoms with Crippen LogP contribution in [0.25, 0.3) is 0 Å². The third kappa shape index (κ3) is 2.98. The summed E-state index contributed by atoms with van der Waals surface area (Å²) in [6.07, 6.45) is 4.36. The van der Waals surface area contributed by atoms with Crippen molar-refractivity contribution >= 4 is 11.9 Å². The van der Waals surface area contributed by atoms with Gasteiger partial charge in [0, 0.05) is 32.1 Å². The number of aromatic carboxylic acids is 1. The van der Waals surface area contributed by atoms with Crippen LogP contribution < -0.4 is 0 Å². The van der Waals surface area contributed by atoms with Gasteiger partial charge in [0.2, 0.25) is 0 Å². The van der Waals surface area contributed by atoms with Gasteiger partial charge in [0.15, 0.2) is 5.76 Å². The molecule has 0 aliphatic carbocycles. The average Bonchev–Trinajstić information content (AvgIpc) is 2.88. The van der Waals surface area contributed by atoms with E-state index >= 15 is 0 Å². The lowest BCUT2D eigenvalue weighted by molar-refractivity contribution is 0.0695. The van der Waals surface area contributed by atoms with E-state index < -0.39 is 5.97 Å². The number of furan rings is 1. The van der Waals surface area contributed by atoms with Crippen LogP contribution in [0.15, 0.2) is 41.3 Å². The molecule has 0 unspecified atom stereocenters. The van der Waals surface area contributed by atoms with Crippen LogP contribution in [0.1, 0.15) is 26.5 Å². The van der Waals surface area contributed by atoms with Gasteiger partial charge in [-0.15, -0.1) is 0 Å². The Morgan fingerprint density at radius 1 is 1.47 bits per heavy atom. The Morgan fingerprint density at radius 3 is 2.84 bits per heavy atom. The zero-order valence-corrected chi connectivity index (χ0v) is 10.2. The predicted molar refractivity (Wildman–Crippen MR) is 65.7 cm³/mol. The van der Waals surface area contributed by atoms with Gasteiger partial charge in [-0.3, -0.25) is 9.78 Å². The molecule has 2 heterocycles. The summed E-state index contributed by atoms with van der Waals surface area (Å²) in [4.78, 5) is 28.1. The first-order chi connectivity index (χ1) is 9.08. The Kier molecular flexibility index (Phi) is 3.61. The van der Waals surface area contributed by atoms with E-state index in [0.29, 0.717) is 6.54 Å². The van der Waals surface area contributed by atoms with E-state index in [9.17, 15) is 9.59 Å². The zero-order valence-electron chi connectivity index (χ0n) is 10.2. The average molecular weight is 260 g/mol. The Hall–Kier alpha value is -2.63. The Bertz CT molecular complexity index is 592. The van der Waals surface area contributed by atoms with Gasteiger partial charge in [-0.25, -0.2) is 4.79 Å². The molecule has 2 rings (SSSR count). The number of carboxylic acids is 1. The molecule has 19 heavy (non-hydrogen) atoms. The van der Waals surface area contributed by atoms with Crippen LogP contribution in [0.2, 0.25) is 0 Å². The van der Waals surface area contributed by atoms with Gasteiger partial charge in [0.25, 0.3) is 5.91 Å². The highest BCUT2D eigenvalue weighted by atomic mass is 16.4. The monoisotopic (exact) mass is 260 g/mol. The number of pyridine rings is 1. The SMILES string of the molecule is CN(Cc1cccnc1)C(=O)c1cc(C(=O)O)co1. The van der Waals surface area contributed by atoms with E-state index in [1.165, 1.54) is 11.0 Å². The van der Waals surface area contributed by atoms with Crippen molar-refractivity contribution in [1.82, 2.24) is 9.88 Å². The molecule has 0 saturated carbocycles. The van der Waals surface area contributed by atoms with Crippen molar-refractivity contribution in [2.75, 3.05) is 7.05 Å². The smallest absolute Gasteiger partial charge is 0.338 e. The fourth-order valence-corrected chi connectivity index (χ4v) is 1.59. The molecule has 6 nitrogen and oxygen atoms in total. The lowest BCUT2D eigenvalue weighted by Gasteiger charge is -2.15. The zero-order chi connectivity index (χ0) is 13.8. The number of nitrogens with zero attached hydrogens (tertiary/aromatic N) is 2. The van der Waals surface area contributed by atoms with Crippen LogP contribution in [0, 0.1) is 0 Å². The molecule has 1 N–H and O–H groups in total. The van der Waals surface area contributed by atoms with E-state index in [1.54, 1.807) is 25.5 Å². The summed E-state index contributed by atoms with van der Waals surface area (Å²) in [6.45, 7) is 0.371. The molecule has 0 saturated heterocycles. The first kappa shape index (κ1) is 12.8. The van der Waals surface area contributed by atoms with Crippen molar-refractivity contribution in [3.8, 4) is 0 Å². The number of hydrogen-bond acceptors (Lipinski definition) is 4. The van der Waals surface area contributed by atoms with Gasteiger partial charge < -0.3 is 14.4 Å². The minimum absolute atomic E-state index is 0.00351. The maximum Gasteiger partial charge on any atom is 0.338 e. The predicted octanol–water partition coefficient (Wildman–Crippen LogP) is 1.65. The van der Waals surface area contributed by atoms with Gasteiger partial charge >= 0.3 is 5.97 Å². The van der Waals surface area contributed by atoms with Crippen molar-refractivity contribution in [2.24, 2.45) is 0 Å². The molecule has 0 aliphatic rings. The fraction of sp³-hybridized carbons (Fsp3) is 0.154. The van der Waals surface area contributed by atoms with Crippen molar-refractivity contribution in [2.45, 2.75) is 6.54 Å². The minimum Gasteiger partial charge on any atom is -0.478 e. The number of rotatable bonds is 4. The first-order valence-corrected chi connectivity index (χ1v) is 5.54. The second-order valence-corrected chi connectivity index (χ2v) is 4.03. The number of carboxylic acid groups (broad SMARTS) is 1. The second kappa shape index (κ2) is 5.34. The molecule has 0 aromatic carbocycles. The van der Waals surface area contributed by atoms with E-state index in [-0.39, 0.29) is 17.2 Å². The Labute approximate surface area is 109 Å². The van der Waals surface area contributed by atoms with Gasteiger partial charge in [-0.1, -0.05) is 6.07 Å². The summed E-state index contributed by atoms with van der Waals surface area (Å²) >= 11 is 0. The van der Waals surface area contributed by atoms with E-state index in [4.69, 9.17) is 9.52 Å². The molecular formula is C13H12N2O4. The van der Waals surface area contributed by atoms with E-state index in [2.05, 4.69) is 4.98 Å². The molecule has 1 amide bonds. The van der Waals surface area contributed by atoms with Gasteiger partial charge in [-0.05, 0) is 11.6 Å². The van der Waals surface area contributed by atoms with Crippen LogP contribution >= 0.6 is 0 Å². The number of aromatic nitrogens is 1. The molecule has 0 spiro atoms. The van der Waals surface area contributed by atoms with Crippen molar-refractivity contribution in [1.29, 1.82) is 0 Å². The second-order valence-electron chi connectivity index (χ2n) is 4.03. The lowest BCUT2D eigenvalue weighted by Crippen LogP contribution is -2.25. The molecule has 0 aliphatic heterocycles. The highest BCUT2D eigenvalue weighted by molar-refractivity contribution is 5.95. The molecule has 0 radical (unpaired) electrons. The van der Waals surface area contributed by atoms with E-state index in [0.717, 1.165) is 11.8 Å². The highest BCUT2D eigenvalue weighted by Gasteiger charge is 2.18. The molecule has 0 atom stereocenters. The van der Waals surface area contributed by atoms with Crippen molar-refractivity contribution < 1.29 is 19.1 Å². The van der Waals surface area contributed by atoms with Crippen LogP contribution in [0.3, 0.4) is 0 Å². The number of carbonyl (C=O) groups is 2. The normalized spacial score (nSPS) is 10.2. The van der Waals surface area contributed by atoms with Crippen LogP contribution in [-0.2, 0) is 6.54 Å². The summed E-state index contributed by atoms with van der Waals surface area (Å²) in [5.74, 6) is -1.50. The maximum atomic E-state index is 12.0. The Morgan fingerprint density at radius 2 is 2.26 bits per heavy atom. The van der Waals surface area contributed by atoms with Crippen LogP contribution in [-0.4, -0.2) is 33.9 Å². The molecule has 6 heteroatoms. The number of amides is 1. The van der Waals surface area contributed by atoms with Gasteiger partial charge in [-0.2, -0.15) is 0 Å². The topological polar surface area (TPSA) is 83.6 Å². The molecule has 0 bridgehead atoms. The molecule has 2 aromatic rings. The summed E-state index contributed by atoms with van der Waals surface area (Å²) in [7, 11) is 1.61. The van der Waals surface area contributed by atoms with Gasteiger partial charge in [0.05, 0.1) is 5.56 Å². The molecule has 2 aromatic heterocycles. The van der Waals surface area contributed by atoms with Crippen molar-refractivity contribution in [3.63, 3.8) is 0 Å². The molecular weight excluding hydrogens is 248 g/mol. The quantitative estimate of drug-likeness (QED) is 0.903. The van der Waals surface area contributed by atoms with Crippen LogP contribution in [0.4, 0.5) is 0 Å². The number of hydrogen-bond donors (Lipinski definition) is 1. The first-order valence-electron chi connectivity index (χ1n) is 5.54. The minimum atomic E-state index is -1.13. The van der Waals surface area contributed by atoms with Crippen LogP contribution in [0.5, 0.6) is 0 Å². The Balaban J connectivity index is 2.08. The number of carbonyl (C=O) groups excluding carboxylic acids is 1.